The number of esters is 1. The minimum absolute atomic E-state index is 0. The molecule has 0 amide bonds. The molecule has 4 rings (SSSR count). The molecule has 0 bridgehead atoms. The van der Waals surface area contributed by atoms with E-state index in [9.17, 15) is 14.4 Å². The van der Waals surface area contributed by atoms with Gasteiger partial charge in [-0.05, 0) is 106 Å². The number of aryl methyl sites for hydroxylation is 1. The van der Waals surface area contributed by atoms with Gasteiger partial charge >= 0.3 is 5.97 Å². The van der Waals surface area contributed by atoms with E-state index in [4.69, 9.17) is 4.74 Å². The summed E-state index contributed by atoms with van der Waals surface area (Å²) in [5, 5.41) is 2.25. The van der Waals surface area contributed by atoms with Crippen LogP contribution in [0.4, 0.5) is 0 Å². The molecule has 0 spiro atoms. The first-order chi connectivity index (χ1) is 16.2. The minimum Gasteiger partial charge on any atom is -0.466 e. The second-order valence-corrected chi connectivity index (χ2v) is 10.1. The number of piperidine rings is 1. The summed E-state index contributed by atoms with van der Waals surface area (Å²) in [7, 11) is 0. The van der Waals surface area contributed by atoms with Gasteiger partial charge in [0.05, 0.1) is 12.5 Å². The summed E-state index contributed by atoms with van der Waals surface area (Å²) >= 11 is 1.29. The Morgan fingerprint density at radius 3 is 2.60 bits per heavy atom. The molecule has 0 aliphatic carbocycles. The SMILES string of the molecule is CCOC(=O)[C@H]1CN(CCn2c(=O)[n-]c3sccc3c2=O)CC[C@H]1c1cc(C)c(C)c(C)c1C.[Y]. The third-order valence-electron chi connectivity index (χ3n) is 7.40. The first-order valence-corrected chi connectivity index (χ1v) is 12.7. The fraction of sp³-hybridized carbons (Fsp3) is 0.500. The summed E-state index contributed by atoms with van der Waals surface area (Å²) in [4.78, 5) is 44.9. The first-order valence-electron chi connectivity index (χ1n) is 11.8. The molecule has 2 aromatic heterocycles. The number of benzene rings is 1. The molecule has 1 fully saturated rings. The molecule has 7 nitrogen and oxygen atoms in total. The van der Waals surface area contributed by atoms with Crippen LogP contribution >= 0.6 is 11.3 Å². The van der Waals surface area contributed by atoms with Crippen LogP contribution in [0.1, 0.15) is 47.1 Å². The summed E-state index contributed by atoms with van der Waals surface area (Å²) < 4.78 is 6.67. The number of hydrogen-bond donors (Lipinski definition) is 0. The average Bonchev–Trinajstić information content (AvgIpc) is 3.28. The third-order valence-corrected chi connectivity index (χ3v) is 8.20. The molecule has 35 heavy (non-hydrogen) atoms. The number of ether oxygens (including phenoxy) is 1. The van der Waals surface area contributed by atoms with Gasteiger partial charge < -0.3 is 19.2 Å². The van der Waals surface area contributed by atoms with Crippen LogP contribution in [0, 0.1) is 33.6 Å². The summed E-state index contributed by atoms with van der Waals surface area (Å²) in [5.74, 6) is -0.403. The molecule has 185 valence electrons. The molecule has 0 unspecified atom stereocenters. The Bertz CT molecular complexity index is 1340. The van der Waals surface area contributed by atoms with Crippen molar-refractivity contribution in [3.63, 3.8) is 0 Å². The molecule has 3 heterocycles. The molecule has 0 N–H and O–H groups in total. The maximum absolute atomic E-state index is 13.0. The van der Waals surface area contributed by atoms with Gasteiger partial charge in [0.1, 0.15) is 0 Å². The fourth-order valence-corrected chi connectivity index (χ4v) is 5.83. The Morgan fingerprint density at radius 2 is 1.89 bits per heavy atom. The van der Waals surface area contributed by atoms with Gasteiger partial charge in [0, 0.05) is 49.5 Å². The van der Waals surface area contributed by atoms with Crippen molar-refractivity contribution in [2.24, 2.45) is 5.92 Å². The van der Waals surface area contributed by atoms with E-state index in [1.165, 1.54) is 43.7 Å². The molecule has 9 heteroatoms. The second-order valence-electron chi connectivity index (χ2n) is 9.20. The van der Waals surface area contributed by atoms with Gasteiger partial charge in [-0.25, -0.2) is 0 Å². The largest absolute Gasteiger partial charge is 0.466 e. The Morgan fingerprint density at radius 1 is 1.14 bits per heavy atom. The number of fused-ring (bicyclic) bond motifs is 1. The van der Waals surface area contributed by atoms with Crippen molar-refractivity contribution in [3.05, 3.63) is 66.2 Å². The van der Waals surface area contributed by atoms with E-state index < -0.39 is 5.69 Å². The average molecular weight is 572 g/mol. The number of aromatic nitrogens is 2. The van der Waals surface area contributed by atoms with Crippen LogP contribution in [-0.2, 0) is 48.8 Å². The van der Waals surface area contributed by atoms with Crippen molar-refractivity contribution in [2.45, 2.75) is 53.5 Å². The number of thiophene rings is 1. The van der Waals surface area contributed by atoms with Crippen molar-refractivity contribution in [1.29, 1.82) is 0 Å². The first kappa shape index (κ1) is 28.0. The number of nitrogens with zero attached hydrogens (tertiary/aromatic N) is 3. The van der Waals surface area contributed by atoms with E-state index in [0.29, 0.717) is 29.9 Å². The standard InChI is InChI=1S/C26H33N3O4S.Y/c1-6-33-25(31)22-14-28(9-7-19(22)21-13-15(2)16(3)17(4)18(21)5)10-11-29-24(30)20-8-12-34-23(20)27-26(29)32;/h8,12-13,19,22H,6-7,9-11,14H2,1-5H3,(H,27,30,32);/p-1/t19-,22-;/m0./s1. The van der Waals surface area contributed by atoms with Crippen molar-refractivity contribution in [1.82, 2.24) is 14.5 Å². The number of hydrogen-bond acceptors (Lipinski definition) is 6. The predicted molar refractivity (Wildman–Crippen MR) is 135 cm³/mol. The minimum atomic E-state index is -0.516. The zero-order valence-corrected chi connectivity index (χ0v) is 24.7. The molecular weight excluding hydrogens is 539 g/mol. The Kier molecular flexibility index (Phi) is 9.30. The van der Waals surface area contributed by atoms with E-state index in [2.05, 4.69) is 43.6 Å². The maximum atomic E-state index is 13.0. The fourth-order valence-electron chi connectivity index (χ4n) is 5.08. The molecule has 1 aliphatic heterocycles. The molecule has 1 aromatic carbocycles. The van der Waals surface area contributed by atoms with E-state index in [1.54, 1.807) is 11.4 Å². The van der Waals surface area contributed by atoms with Crippen LogP contribution in [0.25, 0.3) is 10.2 Å². The quantitative estimate of drug-likeness (QED) is 0.423. The van der Waals surface area contributed by atoms with Gasteiger partial charge in [-0.3, -0.25) is 14.4 Å². The molecule has 1 aliphatic rings. The zero-order valence-electron chi connectivity index (χ0n) is 21.1. The summed E-state index contributed by atoms with van der Waals surface area (Å²) in [6.07, 6.45) is 0.813. The van der Waals surface area contributed by atoms with Gasteiger partial charge in [-0.15, -0.1) is 11.3 Å². The predicted octanol–water partition coefficient (Wildman–Crippen LogP) is 3.28. The van der Waals surface area contributed by atoms with E-state index in [-0.39, 0.29) is 62.6 Å². The Hall–Kier alpha value is -1.61. The van der Waals surface area contributed by atoms with Crippen LogP contribution in [0.3, 0.4) is 0 Å². The van der Waals surface area contributed by atoms with Crippen molar-refractivity contribution in [3.8, 4) is 0 Å². The second kappa shape index (κ2) is 11.6. The smallest absolute Gasteiger partial charge is 0.310 e. The van der Waals surface area contributed by atoms with Gasteiger partial charge in [0.25, 0.3) is 0 Å². The summed E-state index contributed by atoms with van der Waals surface area (Å²) in [6, 6.07) is 3.94. The van der Waals surface area contributed by atoms with Crippen LogP contribution in [0.5, 0.6) is 0 Å². The van der Waals surface area contributed by atoms with Gasteiger partial charge in [-0.2, -0.15) is 0 Å². The van der Waals surface area contributed by atoms with E-state index in [1.807, 2.05) is 6.92 Å². The normalized spacial score (nSPS) is 18.4. The topological polar surface area (TPSA) is 82.7 Å². The van der Waals surface area contributed by atoms with Crippen LogP contribution < -0.4 is 16.2 Å². The van der Waals surface area contributed by atoms with Gasteiger partial charge in [-0.1, -0.05) is 6.07 Å². The van der Waals surface area contributed by atoms with Crippen molar-refractivity contribution >= 4 is 27.5 Å². The van der Waals surface area contributed by atoms with Crippen LogP contribution in [0.15, 0.2) is 27.1 Å². The monoisotopic (exact) mass is 571 g/mol. The maximum Gasteiger partial charge on any atom is 0.310 e. The summed E-state index contributed by atoms with van der Waals surface area (Å²) in [5.41, 5.74) is 5.46. The third kappa shape index (κ3) is 5.56. The summed E-state index contributed by atoms with van der Waals surface area (Å²) in [6.45, 7) is 12.8. The van der Waals surface area contributed by atoms with Gasteiger partial charge in [0.15, 0.2) is 11.2 Å². The van der Waals surface area contributed by atoms with Crippen molar-refractivity contribution < 1.29 is 42.2 Å². The Balaban J connectivity index is 0.00000342. The molecular formula is C26H32N3O4SY-. The van der Waals surface area contributed by atoms with Gasteiger partial charge in [0.2, 0.25) is 0 Å². The van der Waals surface area contributed by atoms with E-state index >= 15 is 0 Å². The molecule has 1 radical (unpaired) electrons. The van der Waals surface area contributed by atoms with Crippen LogP contribution in [-0.4, -0.2) is 41.7 Å². The van der Waals surface area contributed by atoms with Crippen LogP contribution in [0.2, 0.25) is 0 Å². The van der Waals surface area contributed by atoms with E-state index in [0.717, 1.165) is 13.0 Å². The molecule has 3 aromatic rings. The number of rotatable bonds is 6. The Labute approximate surface area is 234 Å². The molecule has 2 atom stereocenters. The molecule has 1 saturated heterocycles. The molecule has 0 saturated carbocycles. The van der Waals surface area contributed by atoms with Crippen molar-refractivity contribution in [2.75, 3.05) is 26.2 Å². The zero-order chi connectivity index (χ0) is 24.6. The number of carbonyl (C=O) groups is 1. The number of carbonyl (C=O) groups excluding carboxylic acids is 1. The number of likely N-dealkylation sites (tertiary alicyclic amines) is 1.